The highest BCUT2D eigenvalue weighted by Crippen LogP contribution is 2.14. The van der Waals surface area contributed by atoms with Crippen molar-refractivity contribution in [3.8, 4) is 0 Å². The molecule has 76 valence electrons. The highest BCUT2D eigenvalue weighted by molar-refractivity contribution is 5.78. The monoisotopic (exact) mass is 183 g/mol. The van der Waals surface area contributed by atoms with Gasteiger partial charge in [0.05, 0.1) is 0 Å². The Bertz CT molecular complexity index is 150. The molecule has 0 bridgehead atoms. The first-order valence-corrected chi connectivity index (χ1v) is 5.55. The lowest BCUT2D eigenvalue weighted by Gasteiger charge is -2.06. The van der Waals surface area contributed by atoms with E-state index in [0.717, 1.165) is 32.4 Å². The minimum atomic E-state index is 0.474. The second kappa shape index (κ2) is 6.14. The van der Waals surface area contributed by atoms with Crippen LogP contribution in [0.5, 0.6) is 0 Å². The Morgan fingerprint density at radius 2 is 2.31 bits per heavy atom. The number of carbonyl (C=O) groups excluding carboxylic acids is 1. The van der Waals surface area contributed by atoms with Crippen molar-refractivity contribution in [3.63, 3.8) is 0 Å². The maximum absolute atomic E-state index is 11.4. The molecule has 13 heavy (non-hydrogen) atoms. The molecule has 0 saturated carbocycles. The maximum atomic E-state index is 11.4. The molecule has 0 amide bonds. The normalized spacial score (nSPS) is 22.1. The molecular formula is C11H21NO. The van der Waals surface area contributed by atoms with Gasteiger partial charge in [-0.25, -0.2) is 0 Å². The second-order valence-electron chi connectivity index (χ2n) is 4.06. The zero-order valence-electron chi connectivity index (χ0n) is 8.64. The maximum Gasteiger partial charge on any atom is 0.133 e. The van der Waals surface area contributed by atoms with E-state index in [9.17, 15) is 4.79 Å². The van der Waals surface area contributed by atoms with Crippen molar-refractivity contribution in [1.82, 2.24) is 5.32 Å². The van der Waals surface area contributed by atoms with Crippen LogP contribution in [-0.2, 0) is 4.79 Å². The van der Waals surface area contributed by atoms with Gasteiger partial charge in [0, 0.05) is 12.8 Å². The minimum absolute atomic E-state index is 0.474. The topological polar surface area (TPSA) is 29.1 Å². The van der Waals surface area contributed by atoms with E-state index in [1.807, 2.05) is 0 Å². The highest BCUT2D eigenvalue weighted by atomic mass is 16.1. The summed E-state index contributed by atoms with van der Waals surface area (Å²) in [4.78, 5) is 11.4. The van der Waals surface area contributed by atoms with Gasteiger partial charge in [0.2, 0.25) is 0 Å². The summed E-state index contributed by atoms with van der Waals surface area (Å²) in [7, 11) is 0. The van der Waals surface area contributed by atoms with Crippen molar-refractivity contribution in [3.05, 3.63) is 0 Å². The van der Waals surface area contributed by atoms with E-state index in [1.54, 1.807) is 0 Å². The summed E-state index contributed by atoms with van der Waals surface area (Å²) in [6.07, 6.45) is 6.32. The molecule has 1 atom stereocenters. The smallest absolute Gasteiger partial charge is 0.133 e. The predicted molar refractivity (Wildman–Crippen MR) is 54.7 cm³/mol. The molecule has 0 radical (unpaired) electrons. The molecule has 0 spiro atoms. The van der Waals surface area contributed by atoms with Crippen LogP contribution < -0.4 is 5.32 Å². The van der Waals surface area contributed by atoms with Gasteiger partial charge in [-0.05, 0) is 31.8 Å². The molecule has 1 aliphatic rings. The summed E-state index contributed by atoms with van der Waals surface area (Å²) in [5.41, 5.74) is 0. The SMILES string of the molecule is CCCCCC(=O)CC1CCNC1. The lowest BCUT2D eigenvalue weighted by atomic mass is 9.99. The summed E-state index contributed by atoms with van der Waals surface area (Å²) >= 11 is 0. The summed E-state index contributed by atoms with van der Waals surface area (Å²) in [5.74, 6) is 1.11. The molecule has 0 aliphatic carbocycles. The summed E-state index contributed by atoms with van der Waals surface area (Å²) < 4.78 is 0. The Balaban J connectivity index is 2.02. The summed E-state index contributed by atoms with van der Waals surface area (Å²) in [6.45, 7) is 4.33. The van der Waals surface area contributed by atoms with Crippen molar-refractivity contribution < 1.29 is 4.79 Å². The highest BCUT2D eigenvalue weighted by Gasteiger charge is 2.17. The van der Waals surface area contributed by atoms with Gasteiger partial charge in [-0.15, -0.1) is 0 Å². The lowest BCUT2D eigenvalue weighted by molar-refractivity contribution is -0.119. The van der Waals surface area contributed by atoms with Crippen LogP contribution in [0.3, 0.4) is 0 Å². The number of unbranched alkanes of at least 4 members (excludes halogenated alkanes) is 2. The van der Waals surface area contributed by atoms with Crippen LogP contribution in [0.15, 0.2) is 0 Å². The molecule has 1 aliphatic heterocycles. The molecule has 1 rings (SSSR count). The first-order chi connectivity index (χ1) is 6.33. The van der Waals surface area contributed by atoms with Crippen molar-refractivity contribution in [2.45, 2.75) is 45.4 Å². The van der Waals surface area contributed by atoms with E-state index in [1.165, 1.54) is 19.3 Å². The first-order valence-electron chi connectivity index (χ1n) is 5.55. The van der Waals surface area contributed by atoms with Crippen LogP contribution in [0.25, 0.3) is 0 Å². The van der Waals surface area contributed by atoms with E-state index < -0.39 is 0 Å². The fourth-order valence-corrected chi connectivity index (χ4v) is 1.88. The first kappa shape index (κ1) is 10.7. The zero-order chi connectivity index (χ0) is 9.52. The third-order valence-corrected chi connectivity index (χ3v) is 2.74. The van der Waals surface area contributed by atoms with Gasteiger partial charge in [-0.3, -0.25) is 4.79 Å². The summed E-state index contributed by atoms with van der Waals surface area (Å²) in [5, 5.41) is 3.29. The number of Topliss-reactive ketones (excluding diaryl/α,β-unsaturated/α-hetero) is 1. The van der Waals surface area contributed by atoms with Crippen LogP contribution in [0.4, 0.5) is 0 Å². The molecule has 0 aromatic carbocycles. The van der Waals surface area contributed by atoms with Crippen molar-refractivity contribution in [2.75, 3.05) is 13.1 Å². The Hall–Kier alpha value is -0.370. The van der Waals surface area contributed by atoms with Crippen molar-refractivity contribution in [2.24, 2.45) is 5.92 Å². The van der Waals surface area contributed by atoms with Crippen molar-refractivity contribution in [1.29, 1.82) is 0 Å². The Morgan fingerprint density at radius 1 is 1.46 bits per heavy atom. The molecule has 0 aromatic heterocycles. The van der Waals surface area contributed by atoms with E-state index in [2.05, 4.69) is 12.2 Å². The predicted octanol–water partition coefficient (Wildman–Crippen LogP) is 2.14. The fourth-order valence-electron chi connectivity index (χ4n) is 1.88. The Morgan fingerprint density at radius 3 is 2.92 bits per heavy atom. The third-order valence-electron chi connectivity index (χ3n) is 2.74. The largest absolute Gasteiger partial charge is 0.316 e. The number of ketones is 1. The Labute approximate surface area is 81.1 Å². The molecule has 1 heterocycles. The fraction of sp³-hybridized carbons (Fsp3) is 0.909. The third kappa shape index (κ3) is 4.41. The standard InChI is InChI=1S/C11H21NO/c1-2-3-4-5-11(13)8-10-6-7-12-9-10/h10,12H,2-9H2,1H3. The van der Waals surface area contributed by atoms with Crippen LogP contribution in [0.1, 0.15) is 45.4 Å². The van der Waals surface area contributed by atoms with E-state index >= 15 is 0 Å². The van der Waals surface area contributed by atoms with Gasteiger partial charge in [0.25, 0.3) is 0 Å². The van der Waals surface area contributed by atoms with Crippen LogP contribution >= 0.6 is 0 Å². The number of hydrogen-bond donors (Lipinski definition) is 1. The van der Waals surface area contributed by atoms with Gasteiger partial charge in [-0.2, -0.15) is 0 Å². The van der Waals surface area contributed by atoms with E-state index in [4.69, 9.17) is 0 Å². The quantitative estimate of drug-likeness (QED) is 0.639. The number of hydrogen-bond acceptors (Lipinski definition) is 2. The molecular weight excluding hydrogens is 162 g/mol. The molecule has 1 saturated heterocycles. The Kier molecular flexibility index (Phi) is 5.06. The molecule has 1 N–H and O–H groups in total. The van der Waals surface area contributed by atoms with E-state index in [0.29, 0.717) is 11.7 Å². The van der Waals surface area contributed by atoms with Crippen LogP contribution in [-0.4, -0.2) is 18.9 Å². The second-order valence-corrected chi connectivity index (χ2v) is 4.06. The van der Waals surface area contributed by atoms with Gasteiger partial charge in [0.15, 0.2) is 0 Å². The molecule has 2 heteroatoms. The number of nitrogens with one attached hydrogen (secondary N) is 1. The molecule has 0 aromatic rings. The number of rotatable bonds is 6. The van der Waals surface area contributed by atoms with Crippen LogP contribution in [0, 0.1) is 5.92 Å². The molecule has 1 fully saturated rings. The van der Waals surface area contributed by atoms with Crippen LogP contribution in [0.2, 0.25) is 0 Å². The molecule has 2 nitrogen and oxygen atoms in total. The average Bonchev–Trinajstić information content (AvgIpc) is 2.57. The van der Waals surface area contributed by atoms with Gasteiger partial charge < -0.3 is 5.32 Å². The number of carbonyl (C=O) groups is 1. The van der Waals surface area contributed by atoms with Gasteiger partial charge in [-0.1, -0.05) is 19.8 Å². The lowest BCUT2D eigenvalue weighted by Crippen LogP contribution is -2.12. The van der Waals surface area contributed by atoms with Gasteiger partial charge >= 0.3 is 0 Å². The zero-order valence-corrected chi connectivity index (χ0v) is 8.64. The molecule has 1 unspecified atom stereocenters. The van der Waals surface area contributed by atoms with Gasteiger partial charge in [0.1, 0.15) is 5.78 Å². The average molecular weight is 183 g/mol. The summed E-state index contributed by atoms with van der Waals surface area (Å²) in [6, 6.07) is 0. The van der Waals surface area contributed by atoms with Crippen molar-refractivity contribution >= 4 is 5.78 Å². The van der Waals surface area contributed by atoms with E-state index in [-0.39, 0.29) is 0 Å². The minimum Gasteiger partial charge on any atom is -0.316 e.